The van der Waals surface area contributed by atoms with Gasteiger partial charge in [0.25, 0.3) is 0 Å². The highest BCUT2D eigenvalue weighted by Crippen LogP contribution is 2.32. The Kier molecular flexibility index (Phi) is 4.42. The lowest BCUT2D eigenvalue weighted by molar-refractivity contribution is -0.0352. The van der Waals surface area contributed by atoms with Gasteiger partial charge in [-0.1, -0.05) is 6.92 Å². The fraction of sp³-hybridized carbons (Fsp3) is 0.923. The summed E-state index contributed by atoms with van der Waals surface area (Å²) in [6, 6.07) is 0. The van der Waals surface area contributed by atoms with Crippen LogP contribution >= 0.6 is 0 Å². The quantitative estimate of drug-likeness (QED) is 0.811. The molecule has 1 saturated heterocycles. The highest BCUT2D eigenvalue weighted by molar-refractivity contribution is 5.69. The van der Waals surface area contributed by atoms with Crippen molar-refractivity contribution in [3.63, 3.8) is 0 Å². The van der Waals surface area contributed by atoms with E-state index in [1.165, 1.54) is 0 Å². The van der Waals surface area contributed by atoms with Gasteiger partial charge in [0.1, 0.15) is 5.60 Å². The smallest absolute Gasteiger partial charge is 0.410 e. The molecule has 0 aromatic rings. The number of hydrogen-bond donors (Lipinski definition) is 1. The molecule has 0 aliphatic carbocycles. The number of carbonyl (C=O) groups is 1. The predicted molar refractivity (Wildman–Crippen MR) is 66.9 cm³/mol. The minimum atomic E-state index is -0.483. The largest absolute Gasteiger partial charge is 0.444 e. The minimum Gasteiger partial charge on any atom is -0.444 e. The van der Waals surface area contributed by atoms with Crippen LogP contribution in [0.2, 0.25) is 0 Å². The summed E-state index contributed by atoms with van der Waals surface area (Å²) in [6.45, 7) is 8.30. The standard InChI is InChI=1S/C13H25NO3/c1-5-13(10-15)8-6-7-9-14(13)11(16)17-12(2,3)4/h15H,5-10H2,1-4H3. The van der Waals surface area contributed by atoms with Crippen molar-refractivity contribution in [2.45, 2.75) is 64.5 Å². The lowest BCUT2D eigenvalue weighted by Gasteiger charge is -2.45. The fourth-order valence-electron chi connectivity index (χ4n) is 2.34. The number of aliphatic hydroxyl groups is 1. The SMILES string of the molecule is CCC1(CO)CCCCN1C(=O)OC(C)(C)C. The molecule has 1 aliphatic rings. The Morgan fingerprint density at radius 2 is 2.06 bits per heavy atom. The summed E-state index contributed by atoms with van der Waals surface area (Å²) in [5.74, 6) is 0. The zero-order valence-electron chi connectivity index (χ0n) is 11.5. The van der Waals surface area contributed by atoms with Gasteiger partial charge in [0.15, 0.2) is 0 Å². The van der Waals surface area contributed by atoms with Crippen LogP contribution in [0.5, 0.6) is 0 Å². The Hall–Kier alpha value is -0.770. The molecule has 1 heterocycles. The highest BCUT2D eigenvalue weighted by atomic mass is 16.6. The number of piperidine rings is 1. The molecule has 1 amide bonds. The molecule has 4 nitrogen and oxygen atoms in total. The molecular formula is C13H25NO3. The predicted octanol–water partition coefficient (Wildman–Crippen LogP) is 2.55. The van der Waals surface area contributed by atoms with E-state index >= 15 is 0 Å². The third-order valence-corrected chi connectivity index (χ3v) is 3.41. The fourth-order valence-corrected chi connectivity index (χ4v) is 2.34. The van der Waals surface area contributed by atoms with E-state index in [0.717, 1.165) is 25.7 Å². The molecule has 100 valence electrons. The van der Waals surface area contributed by atoms with Crippen molar-refractivity contribution < 1.29 is 14.6 Å². The maximum atomic E-state index is 12.1. The first-order valence-electron chi connectivity index (χ1n) is 6.46. The van der Waals surface area contributed by atoms with Crippen LogP contribution in [0, 0.1) is 0 Å². The number of aliphatic hydroxyl groups excluding tert-OH is 1. The topological polar surface area (TPSA) is 49.8 Å². The van der Waals surface area contributed by atoms with Gasteiger partial charge in [0, 0.05) is 6.54 Å². The Bertz CT molecular complexity index is 266. The van der Waals surface area contributed by atoms with E-state index in [9.17, 15) is 9.90 Å². The van der Waals surface area contributed by atoms with Crippen LogP contribution in [0.3, 0.4) is 0 Å². The van der Waals surface area contributed by atoms with Crippen LogP contribution in [0.25, 0.3) is 0 Å². The molecule has 1 unspecified atom stereocenters. The van der Waals surface area contributed by atoms with Gasteiger partial charge in [0.05, 0.1) is 12.1 Å². The molecule has 17 heavy (non-hydrogen) atoms. The average molecular weight is 243 g/mol. The van der Waals surface area contributed by atoms with Crippen molar-refractivity contribution >= 4 is 6.09 Å². The lowest BCUT2D eigenvalue weighted by Crippen LogP contribution is -2.57. The Balaban J connectivity index is 2.81. The molecule has 4 heteroatoms. The molecule has 0 bridgehead atoms. The number of ether oxygens (including phenoxy) is 1. The number of carbonyl (C=O) groups excluding carboxylic acids is 1. The number of amides is 1. The van der Waals surface area contributed by atoms with E-state index in [2.05, 4.69) is 0 Å². The molecule has 1 fully saturated rings. The van der Waals surface area contributed by atoms with Crippen molar-refractivity contribution in [2.24, 2.45) is 0 Å². The van der Waals surface area contributed by atoms with Crippen LogP contribution in [0.15, 0.2) is 0 Å². The molecular weight excluding hydrogens is 218 g/mol. The summed E-state index contributed by atoms with van der Waals surface area (Å²) < 4.78 is 5.41. The first-order chi connectivity index (χ1) is 7.84. The summed E-state index contributed by atoms with van der Waals surface area (Å²) in [4.78, 5) is 13.9. The Morgan fingerprint density at radius 3 is 2.53 bits per heavy atom. The van der Waals surface area contributed by atoms with Gasteiger partial charge in [-0.05, 0) is 46.5 Å². The van der Waals surface area contributed by atoms with E-state index in [1.54, 1.807) is 4.90 Å². The summed E-state index contributed by atoms with van der Waals surface area (Å²) in [7, 11) is 0. The van der Waals surface area contributed by atoms with Crippen molar-refractivity contribution in [1.82, 2.24) is 4.90 Å². The average Bonchev–Trinajstić information content (AvgIpc) is 2.26. The van der Waals surface area contributed by atoms with Crippen molar-refractivity contribution in [2.75, 3.05) is 13.2 Å². The highest BCUT2D eigenvalue weighted by Gasteiger charge is 2.41. The second-order valence-electron chi connectivity index (χ2n) is 5.83. The maximum absolute atomic E-state index is 12.1. The maximum Gasteiger partial charge on any atom is 0.410 e. The minimum absolute atomic E-state index is 0.0166. The molecule has 0 spiro atoms. The van der Waals surface area contributed by atoms with Crippen LogP contribution in [0.4, 0.5) is 4.79 Å². The normalized spacial score (nSPS) is 25.8. The summed E-state index contributed by atoms with van der Waals surface area (Å²) in [5.41, 5.74) is -0.899. The molecule has 1 aliphatic heterocycles. The molecule has 0 saturated carbocycles. The van der Waals surface area contributed by atoms with Crippen molar-refractivity contribution in [1.29, 1.82) is 0 Å². The number of hydrogen-bond acceptors (Lipinski definition) is 3. The summed E-state index contributed by atoms with van der Waals surface area (Å²) in [5, 5.41) is 9.61. The van der Waals surface area contributed by atoms with Crippen LogP contribution in [0.1, 0.15) is 53.4 Å². The van der Waals surface area contributed by atoms with Crippen LogP contribution in [-0.2, 0) is 4.74 Å². The van der Waals surface area contributed by atoms with Crippen LogP contribution < -0.4 is 0 Å². The Labute approximate surface area is 104 Å². The second kappa shape index (κ2) is 5.25. The van der Waals surface area contributed by atoms with Gasteiger partial charge in [-0.3, -0.25) is 0 Å². The second-order valence-corrected chi connectivity index (χ2v) is 5.83. The van der Waals surface area contributed by atoms with E-state index in [-0.39, 0.29) is 12.7 Å². The van der Waals surface area contributed by atoms with Crippen molar-refractivity contribution in [3.8, 4) is 0 Å². The molecule has 0 radical (unpaired) electrons. The zero-order chi connectivity index (χ0) is 13.1. The van der Waals surface area contributed by atoms with E-state index in [1.807, 2.05) is 27.7 Å². The van der Waals surface area contributed by atoms with Gasteiger partial charge in [-0.15, -0.1) is 0 Å². The van der Waals surface area contributed by atoms with E-state index in [4.69, 9.17) is 4.74 Å². The number of rotatable bonds is 2. The third kappa shape index (κ3) is 3.35. The van der Waals surface area contributed by atoms with E-state index in [0.29, 0.717) is 6.54 Å². The lowest BCUT2D eigenvalue weighted by atomic mass is 9.85. The van der Waals surface area contributed by atoms with Gasteiger partial charge in [-0.25, -0.2) is 4.79 Å². The third-order valence-electron chi connectivity index (χ3n) is 3.41. The van der Waals surface area contributed by atoms with Crippen LogP contribution in [-0.4, -0.2) is 40.4 Å². The van der Waals surface area contributed by atoms with E-state index < -0.39 is 11.1 Å². The Morgan fingerprint density at radius 1 is 1.41 bits per heavy atom. The molecule has 0 aromatic heterocycles. The summed E-state index contributed by atoms with van der Waals surface area (Å²) in [6.07, 6.45) is 3.38. The monoisotopic (exact) mass is 243 g/mol. The van der Waals surface area contributed by atoms with Crippen molar-refractivity contribution in [3.05, 3.63) is 0 Å². The first-order valence-corrected chi connectivity index (χ1v) is 6.46. The summed E-state index contributed by atoms with van der Waals surface area (Å²) >= 11 is 0. The molecule has 1 N–H and O–H groups in total. The molecule has 0 aromatic carbocycles. The number of nitrogens with zero attached hydrogens (tertiary/aromatic N) is 1. The van der Waals surface area contributed by atoms with Gasteiger partial charge < -0.3 is 14.7 Å². The molecule has 1 rings (SSSR count). The number of likely N-dealkylation sites (tertiary alicyclic amines) is 1. The first kappa shape index (κ1) is 14.3. The van der Waals surface area contributed by atoms with Gasteiger partial charge in [0.2, 0.25) is 0 Å². The molecule has 1 atom stereocenters. The van der Waals surface area contributed by atoms with Gasteiger partial charge in [-0.2, -0.15) is 0 Å². The van der Waals surface area contributed by atoms with Gasteiger partial charge >= 0.3 is 6.09 Å². The zero-order valence-corrected chi connectivity index (χ0v) is 11.5.